The molecule has 1 amide bonds. The molecule has 0 saturated carbocycles. The van der Waals surface area contributed by atoms with Crippen molar-refractivity contribution in [3.63, 3.8) is 0 Å². The van der Waals surface area contributed by atoms with Crippen LogP contribution in [0.2, 0.25) is 0 Å². The van der Waals surface area contributed by atoms with E-state index in [1.165, 1.54) is 5.56 Å². The highest BCUT2D eigenvalue weighted by atomic mass is 16.3. The van der Waals surface area contributed by atoms with E-state index in [9.17, 15) is 9.90 Å². The second kappa shape index (κ2) is 8.63. The highest BCUT2D eigenvalue weighted by Crippen LogP contribution is 2.35. The molecule has 1 aliphatic carbocycles. The van der Waals surface area contributed by atoms with Crippen molar-refractivity contribution in [2.45, 2.75) is 25.7 Å². The monoisotopic (exact) mass is 421 g/mol. The molecular formula is C27H23N3O2. The summed E-state index contributed by atoms with van der Waals surface area (Å²) < 4.78 is 0. The molecular weight excluding hydrogens is 398 g/mol. The molecule has 3 aromatic carbocycles. The fourth-order valence-electron chi connectivity index (χ4n) is 4.09. The Labute approximate surface area is 186 Å². The zero-order valence-corrected chi connectivity index (χ0v) is 17.6. The number of carbonyl (C=O) groups excluding carboxylic acids is 1. The van der Waals surface area contributed by atoms with Gasteiger partial charge in [0.05, 0.1) is 11.4 Å². The maximum Gasteiger partial charge on any atom is 0.225 e. The predicted octanol–water partition coefficient (Wildman–Crippen LogP) is 5.19. The van der Waals surface area contributed by atoms with Crippen LogP contribution in [-0.4, -0.2) is 21.0 Å². The molecule has 0 unspecified atom stereocenters. The van der Waals surface area contributed by atoms with Gasteiger partial charge in [0, 0.05) is 17.5 Å². The molecule has 4 aromatic rings. The summed E-state index contributed by atoms with van der Waals surface area (Å²) >= 11 is 0. The van der Waals surface area contributed by atoms with E-state index in [0.29, 0.717) is 24.4 Å². The zero-order valence-electron chi connectivity index (χ0n) is 17.6. The second-order valence-corrected chi connectivity index (χ2v) is 7.95. The average Bonchev–Trinajstić information content (AvgIpc) is 2.83. The van der Waals surface area contributed by atoms with Gasteiger partial charge in [-0.3, -0.25) is 4.79 Å². The van der Waals surface area contributed by atoms with Crippen molar-refractivity contribution < 1.29 is 9.90 Å². The zero-order chi connectivity index (χ0) is 21.9. The number of benzene rings is 3. The van der Waals surface area contributed by atoms with Crippen LogP contribution in [0.15, 0.2) is 78.9 Å². The maximum absolute atomic E-state index is 12.8. The van der Waals surface area contributed by atoms with Gasteiger partial charge in [0.2, 0.25) is 5.91 Å². The summed E-state index contributed by atoms with van der Waals surface area (Å²) in [7, 11) is 0. The lowest BCUT2D eigenvalue weighted by Crippen LogP contribution is -2.17. The maximum atomic E-state index is 12.8. The van der Waals surface area contributed by atoms with Gasteiger partial charge in [-0.05, 0) is 54.7 Å². The average molecular weight is 422 g/mol. The van der Waals surface area contributed by atoms with Gasteiger partial charge in [0.1, 0.15) is 11.4 Å². The van der Waals surface area contributed by atoms with Gasteiger partial charge in [-0.25, -0.2) is 9.97 Å². The van der Waals surface area contributed by atoms with E-state index < -0.39 is 0 Å². The minimum atomic E-state index is -0.0978. The number of nitrogens with one attached hydrogen (secondary N) is 1. The van der Waals surface area contributed by atoms with Crippen LogP contribution in [0.4, 0.5) is 5.82 Å². The van der Waals surface area contributed by atoms with Crippen LogP contribution < -0.4 is 5.32 Å². The summed E-state index contributed by atoms with van der Waals surface area (Å²) in [5, 5.41) is 12.7. The Morgan fingerprint density at radius 1 is 0.844 bits per heavy atom. The SMILES string of the molecule is O=C(CCc1ccccc1)Nc1nc2c(nc1-c1ccc(O)cc1)-c1ccccc1CC2. The van der Waals surface area contributed by atoms with Crippen molar-refractivity contribution in [1.29, 1.82) is 0 Å². The molecule has 2 N–H and O–H groups in total. The highest BCUT2D eigenvalue weighted by molar-refractivity contribution is 5.94. The normalized spacial score (nSPS) is 12.0. The number of rotatable bonds is 5. The molecule has 5 rings (SSSR count). The van der Waals surface area contributed by atoms with Crippen LogP contribution in [0, 0.1) is 0 Å². The first-order valence-electron chi connectivity index (χ1n) is 10.8. The van der Waals surface area contributed by atoms with Gasteiger partial charge in [-0.1, -0.05) is 54.6 Å². The summed E-state index contributed by atoms with van der Waals surface area (Å²) in [6.07, 6.45) is 2.70. The molecule has 32 heavy (non-hydrogen) atoms. The summed E-state index contributed by atoms with van der Waals surface area (Å²) in [5.74, 6) is 0.546. The third kappa shape index (κ3) is 4.10. The number of aromatic hydroxyl groups is 1. The van der Waals surface area contributed by atoms with E-state index in [0.717, 1.165) is 40.9 Å². The lowest BCUT2D eigenvalue weighted by molar-refractivity contribution is -0.116. The van der Waals surface area contributed by atoms with Crippen LogP contribution in [-0.2, 0) is 24.1 Å². The third-order valence-corrected chi connectivity index (χ3v) is 5.75. The smallest absolute Gasteiger partial charge is 0.225 e. The number of nitrogens with zero attached hydrogens (tertiary/aromatic N) is 2. The number of amides is 1. The standard InChI is InChI=1S/C27H23N3O2/c31-21-14-11-20(12-15-21)25-27(29-24(32)17-10-18-6-2-1-3-7-18)28-23-16-13-19-8-4-5-9-22(19)26(23)30-25/h1-9,11-12,14-15,31H,10,13,16-17H2,(H,28,29,32). The Morgan fingerprint density at radius 3 is 2.41 bits per heavy atom. The summed E-state index contributed by atoms with van der Waals surface area (Å²) in [6.45, 7) is 0. The lowest BCUT2D eigenvalue weighted by Gasteiger charge is -2.21. The van der Waals surface area contributed by atoms with Crippen LogP contribution in [0.25, 0.3) is 22.5 Å². The van der Waals surface area contributed by atoms with Crippen molar-refractivity contribution in [3.8, 4) is 28.3 Å². The van der Waals surface area contributed by atoms with E-state index in [2.05, 4.69) is 17.4 Å². The molecule has 0 radical (unpaired) electrons. The van der Waals surface area contributed by atoms with Crippen molar-refractivity contribution in [2.75, 3.05) is 5.32 Å². The topological polar surface area (TPSA) is 75.1 Å². The number of aromatic nitrogens is 2. The minimum Gasteiger partial charge on any atom is -0.508 e. The van der Waals surface area contributed by atoms with Crippen molar-refractivity contribution >= 4 is 11.7 Å². The Bertz CT molecular complexity index is 1270. The number of anilines is 1. The molecule has 0 fully saturated rings. The number of hydrogen-bond donors (Lipinski definition) is 2. The lowest BCUT2D eigenvalue weighted by atomic mass is 9.91. The number of phenolic OH excluding ortho intramolecular Hbond substituents is 1. The Kier molecular flexibility index (Phi) is 5.38. The van der Waals surface area contributed by atoms with Crippen LogP contribution in [0.1, 0.15) is 23.2 Å². The highest BCUT2D eigenvalue weighted by Gasteiger charge is 2.22. The first-order chi connectivity index (χ1) is 15.7. The Morgan fingerprint density at radius 2 is 1.59 bits per heavy atom. The molecule has 0 saturated heterocycles. The number of phenols is 1. The summed E-state index contributed by atoms with van der Waals surface area (Å²) in [4.78, 5) is 22.6. The van der Waals surface area contributed by atoms with E-state index in [-0.39, 0.29) is 11.7 Å². The molecule has 5 heteroatoms. The molecule has 1 aromatic heterocycles. The van der Waals surface area contributed by atoms with Crippen molar-refractivity contribution in [2.24, 2.45) is 0 Å². The van der Waals surface area contributed by atoms with Crippen LogP contribution >= 0.6 is 0 Å². The van der Waals surface area contributed by atoms with Gasteiger partial charge in [0.25, 0.3) is 0 Å². The van der Waals surface area contributed by atoms with Gasteiger partial charge >= 0.3 is 0 Å². The second-order valence-electron chi connectivity index (χ2n) is 7.95. The fourth-order valence-corrected chi connectivity index (χ4v) is 4.09. The Balaban J connectivity index is 1.50. The number of carbonyl (C=O) groups is 1. The van der Waals surface area contributed by atoms with Gasteiger partial charge in [-0.2, -0.15) is 0 Å². The molecule has 0 aliphatic heterocycles. The van der Waals surface area contributed by atoms with E-state index in [1.54, 1.807) is 24.3 Å². The molecule has 1 heterocycles. The third-order valence-electron chi connectivity index (χ3n) is 5.75. The first-order valence-corrected chi connectivity index (χ1v) is 10.8. The number of aryl methyl sites for hydroxylation is 3. The minimum absolute atomic E-state index is 0.0978. The predicted molar refractivity (Wildman–Crippen MR) is 125 cm³/mol. The van der Waals surface area contributed by atoms with E-state index >= 15 is 0 Å². The number of fused-ring (bicyclic) bond motifs is 3. The van der Waals surface area contributed by atoms with Gasteiger partial charge < -0.3 is 10.4 Å². The van der Waals surface area contributed by atoms with E-state index in [4.69, 9.17) is 9.97 Å². The van der Waals surface area contributed by atoms with Gasteiger partial charge in [-0.15, -0.1) is 0 Å². The largest absolute Gasteiger partial charge is 0.508 e. The molecule has 5 nitrogen and oxygen atoms in total. The molecule has 0 bridgehead atoms. The quantitative estimate of drug-likeness (QED) is 0.465. The fraction of sp³-hybridized carbons (Fsp3) is 0.148. The summed E-state index contributed by atoms with van der Waals surface area (Å²) in [6, 6.07) is 25.0. The van der Waals surface area contributed by atoms with Gasteiger partial charge in [0.15, 0.2) is 5.82 Å². The molecule has 158 valence electrons. The van der Waals surface area contributed by atoms with Crippen LogP contribution in [0.5, 0.6) is 5.75 Å². The van der Waals surface area contributed by atoms with Crippen molar-refractivity contribution in [3.05, 3.63) is 95.7 Å². The Hall–Kier alpha value is -3.99. The van der Waals surface area contributed by atoms with E-state index in [1.807, 2.05) is 42.5 Å². The van der Waals surface area contributed by atoms with Crippen molar-refractivity contribution in [1.82, 2.24) is 9.97 Å². The first kappa shape index (κ1) is 19.9. The molecule has 1 aliphatic rings. The van der Waals surface area contributed by atoms with Crippen LogP contribution in [0.3, 0.4) is 0 Å². The molecule has 0 atom stereocenters. The molecule has 0 spiro atoms. The number of hydrogen-bond acceptors (Lipinski definition) is 4. The summed E-state index contributed by atoms with van der Waals surface area (Å²) in [5.41, 5.74) is 6.61.